The van der Waals surface area contributed by atoms with Crippen LogP contribution >= 0.6 is 0 Å². The van der Waals surface area contributed by atoms with E-state index < -0.39 is 12.0 Å². The van der Waals surface area contributed by atoms with Gasteiger partial charge in [-0.2, -0.15) is 23.4 Å². The zero-order valence-corrected chi connectivity index (χ0v) is 16.5. The first kappa shape index (κ1) is 19.6. The third-order valence-corrected chi connectivity index (χ3v) is 7.35. The third kappa shape index (κ3) is 3.20. The number of halogens is 3. The maximum Gasteiger partial charge on any atom is 0.455 e. The highest BCUT2D eigenvalue weighted by molar-refractivity contribution is 5.33. The Morgan fingerprint density at radius 1 is 1.10 bits per heavy atom. The molecule has 0 unspecified atom stereocenters. The monoisotopic (exact) mass is 416 g/mol. The van der Waals surface area contributed by atoms with Gasteiger partial charge < -0.3 is 4.52 Å². The fraction of sp³-hybridized carbons (Fsp3) is 0.591. The molecule has 158 valence electrons. The standard InChI is InChI=1S/C22H23F3N4O/c23-22(24,25)19-27-18(30-28-19)15-10-20(11-15)13-29(14-20)17-6-8-21(12-26,9-7-17)16-4-2-1-3-5-16/h1-5,15,17H,6-11,13-14H2. The number of hydrogen-bond donors (Lipinski definition) is 0. The van der Waals surface area contributed by atoms with Crippen LogP contribution in [0.3, 0.4) is 0 Å². The second kappa shape index (κ2) is 6.81. The average molecular weight is 416 g/mol. The zero-order chi connectivity index (χ0) is 21.0. The molecule has 1 aromatic heterocycles. The lowest BCUT2D eigenvalue weighted by molar-refractivity contribution is -0.146. The van der Waals surface area contributed by atoms with Crippen molar-refractivity contribution in [1.29, 1.82) is 5.26 Å². The van der Waals surface area contributed by atoms with E-state index in [1.165, 1.54) is 0 Å². The predicted octanol–water partition coefficient (Wildman–Crippen LogP) is 4.67. The molecule has 8 heteroatoms. The van der Waals surface area contributed by atoms with Gasteiger partial charge in [0.15, 0.2) is 0 Å². The number of likely N-dealkylation sites (tertiary alicyclic amines) is 1. The molecule has 5 nitrogen and oxygen atoms in total. The van der Waals surface area contributed by atoms with Crippen LogP contribution in [0.25, 0.3) is 0 Å². The van der Waals surface area contributed by atoms with Crippen molar-refractivity contribution in [1.82, 2.24) is 15.0 Å². The summed E-state index contributed by atoms with van der Waals surface area (Å²) in [6.45, 7) is 1.94. The molecule has 1 aliphatic heterocycles. The number of aromatic nitrogens is 2. The molecule has 0 bridgehead atoms. The van der Waals surface area contributed by atoms with Crippen molar-refractivity contribution in [3.63, 3.8) is 0 Å². The highest BCUT2D eigenvalue weighted by Gasteiger charge is 2.56. The topological polar surface area (TPSA) is 66.0 Å². The molecule has 2 aliphatic carbocycles. The molecule has 2 heterocycles. The van der Waals surface area contributed by atoms with Gasteiger partial charge in [-0.05, 0) is 49.5 Å². The van der Waals surface area contributed by atoms with Gasteiger partial charge in [-0.1, -0.05) is 35.5 Å². The lowest BCUT2D eigenvalue weighted by Crippen LogP contribution is -2.64. The number of rotatable bonds is 3. The van der Waals surface area contributed by atoms with Crippen LogP contribution in [0.1, 0.15) is 61.7 Å². The molecule has 1 aromatic carbocycles. The third-order valence-electron chi connectivity index (χ3n) is 7.35. The summed E-state index contributed by atoms with van der Waals surface area (Å²) in [6, 6.07) is 13.1. The fourth-order valence-corrected chi connectivity index (χ4v) is 5.69. The van der Waals surface area contributed by atoms with Gasteiger partial charge in [-0.15, -0.1) is 0 Å². The van der Waals surface area contributed by atoms with Gasteiger partial charge in [0, 0.05) is 25.0 Å². The molecule has 2 saturated carbocycles. The maximum atomic E-state index is 12.7. The van der Waals surface area contributed by atoms with Crippen molar-refractivity contribution >= 4 is 0 Å². The normalized spacial score (nSPS) is 29.2. The Hall–Kier alpha value is -2.40. The second-order valence-electron chi connectivity index (χ2n) is 9.26. The second-order valence-corrected chi connectivity index (χ2v) is 9.26. The van der Waals surface area contributed by atoms with E-state index in [1.807, 2.05) is 18.2 Å². The first-order chi connectivity index (χ1) is 14.3. The van der Waals surface area contributed by atoms with Crippen LogP contribution in [0.15, 0.2) is 34.9 Å². The van der Waals surface area contributed by atoms with Crippen molar-refractivity contribution < 1.29 is 17.7 Å². The number of benzene rings is 1. The van der Waals surface area contributed by atoms with E-state index in [0.717, 1.165) is 57.2 Å². The van der Waals surface area contributed by atoms with Gasteiger partial charge in [0.05, 0.1) is 11.5 Å². The lowest BCUT2D eigenvalue weighted by Gasteiger charge is -2.61. The Morgan fingerprint density at radius 3 is 2.33 bits per heavy atom. The van der Waals surface area contributed by atoms with Crippen LogP contribution in [0.5, 0.6) is 0 Å². The number of alkyl halides is 3. The molecular formula is C22H23F3N4O. The first-order valence-corrected chi connectivity index (χ1v) is 10.4. The van der Waals surface area contributed by atoms with Crippen LogP contribution in [0.2, 0.25) is 0 Å². The quantitative estimate of drug-likeness (QED) is 0.727. The molecule has 5 rings (SSSR count). The van der Waals surface area contributed by atoms with Crippen molar-refractivity contribution in [2.24, 2.45) is 5.41 Å². The molecule has 1 spiro atoms. The summed E-state index contributed by atoms with van der Waals surface area (Å²) in [7, 11) is 0. The van der Waals surface area contributed by atoms with Gasteiger partial charge in [-0.3, -0.25) is 4.90 Å². The van der Waals surface area contributed by atoms with Crippen LogP contribution in [0, 0.1) is 16.7 Å². The Morgan fingerprint density at radius 2 is 1.77 bits per heavy atom. The van der Waals surface area contributed by atoms with Crippen LogP contribution in [0.4, 0.5) is 13.2 Å². The van der Waals surface area contributed by atoms with Crippen molar-refractivity contribution in [3.05, 3.63) is 47.6 Å². The zero-order valence-electron chi connectivity index (χ0n) is 16.5. The molecule has 3 fully saturated rings. The fourth-order valence-electron chi connectivity index (χ4n) is 5.69. The van der Waals surface area contributed by atoms with Crippen LogP contribution in [-0.4, -0.2) is 34.2 Å². The van der Waals surface area contributed by atoms with E-state index in [9.17, 15) is 18.4 Å². The minimum atomic E-state index is -4.56. The first-order valence-electron chi connectivity index (χ1n) is 10.4. The number of nitrogens with zero attached hydrogens (tertiary/aromatic N) is 4. The SMILES string of the molecule is N#CC1(c2ccccc2)CCC(N2CC3(CC(c4nc(C(F)(F)F)no4)C3)C2)CC1. The van der Waals surface area contributed by atoms with Crippen LogP contribution in [-0.2, 0) is 11.6 Å². The van der Waals surface area contributed by atoms with E-state index in [0.29, 0.717) is 6.04 Å². The molecule has 0 N–H and O–H groups in total. The lowest BCUT2D eigenvalue weighted by atomic mass is 9.57. The Kier molecular flexibility index (Phi) is 4.44. The summed E-state index contributed by atoms with van der Waals surface area (Å²) in [5, 5.41) is 12.9. The molecule has 30 heavy (non-hydrogen) atoms. The Bertz CT molecular complexity index is 943. The smallest absolute Gasteiger partial charge is 0.339 e. The van der Waals surface area contributed by atoms with E-state index in [2.05, 4.69) is 33.2 Å². The average Bonchev–Trinajstić information content (AvgIpc) is 3.17. The highest BCUT2D eigenvalue weighted by Crippen LogP contribution is 2.57. The van der Waals surface area contributed by atoms with Gasteiger partial charge in [0.2, 0.25) is 5.89 Å². The van der Waals surface area contributed by atoms with E-state index in [-0.39, 0.29) is 22.6 Å². The van der Waals surface area contributed by atoms with Crippen LogP contribution < -0.4 is 0 Å². The molecule has 0 radical (unpaired) electrons. The molecule has 3 aliphatic rings. The minimum absolute atomic E-state index is 0.0635. The summed E-state index contributed by atoms with van der Waals surface area (Å²) < 4.78 is 42.8. The van der Waals surface area contributed by atoms with Gasteiger partial charge in [0.25, 0.3) is 5.82 Å². The Labute approximate surface area is 172 Å². The predicted molar refractivity (Wildman–Crippen MR) is 101 cm³/mol. The Balaban J connectivity index is 1.14. The van der Waals surface area contributed by atoms with Crippen molar-refractivity contribution in [2.75, 3.05) is 13.1 Å². The summed E-state index contributed by atoms with van der Waals surface area (Å²) in [6.07, 6.45) is 0.791. The van der Waals surface area contributed by atoms with E-state index >= 15 is 0 Å². The summed E-state index contributed by atoms with van der Waals surface area (Å²) in [5.74, 6) is -1.13. The molecule has 1 saturated heterocycles. The van der Waals surface area contributed by atoms with Crippen molar-refractivity contribution in [3.8, 4) is 6.07 Å². The maximum absolute atomic E-state index is 12.7. The van der Waals surface area contributed by atoms with Gasteiger partial charge >= 0.3 is 6.18 Å². The molecule has 0 atom stereocenters. The summed E-state index contributed by atoms with van der Waals surface area (Å²) >= 11 is 0. The molecular weight excluding hydrogens is 393 g/mol. The van der Waals surface area contributed by atoms with E-state index in [1.54, 1.807) is 0 Å². The van der Waals surface area contributed by atoms with Crippen molar-refractivity contribution in [2.45, 2.75) is 62.1 Å². The van der Waals surface area contributed by atoms with Gasteiger partial charge in [-0.25, -0.2) is 0 Å². The summed E-state index contributed by atoms with van der Waals surface area (Å²) in [4.78, 5) is 6.03. The number of hydrogen-bond acceptors (Lipinski definition) is 5. The number of nitriles is 1. The van der Waals surface area contributed by atoms with Gasteiger partial charge in [0.1, 0.15) is 0 Å². The molecule has 2 aromatic rings. The largest absolute Gasteiger partial charge is 0.455 e. The highest BCUT2D eigenvalue weighted by atomic mass is 19.4. The summed E-state index contributed by atoms with van der Waals surface area (Å²) in [5.41, 5.74) is 0.919. The molecule has 0 amide bonds. The minimum Gasteiger partial charge on any atom is -0.339 e. The van der Waals surface area contributed by atoms with E-state index in [4.69, 9.17) is 4.52 Å².